The van der Waals surface area contributed by atoms with Gasteiger partial charge in [0.1, 0.15) is 0 Å². The van der Waals surface area contributed by atoms with Crippen LogP contribution in [0.4, 0.5) is 5.69 Å². The third kappa shape index (κ3) is 4.22. The predicted octanol–water partition coefficient (Wildman–Crippen LogP) is 3.07. The van der Waals surface area contributed by atoms with Gasteiger partial charge in [-0.3, -0.25) is 14.7 Å². The zero-order chi connectivity index (χ0) is 19.3. The number of anilines is 1. The van der Waals surface area contributed by atoms with Gasteiger partial charge in [0.25, 0.3) is 5.56 Å². The summed E-state index contributed by atoms with van der Waals surface area (Å²) in [4.78, 5) is 19.0. The lowest BCUT2D eigenvalue weighted by molar-refractivity contribution is 0.148. The van der Waals surface area contributed by atoms with Gasteiger partial charge in [-0.15, -0.1) is 0 Å². The number of aryl methyl sites for hydroxylation is 1. The van der Waals surface area contributed by atoms with Crippen molar-refractivity contribution in [3.63, 3.8) is 0 Å². The van der Waals surface area contributed by atoms with Gasteiger partial charge in [-0.25, -0.2) is 4.68 Å². The molecule has 6 heteroatoms. The van der Waals surface area contributed by atoms with Gasteiger partial charge in [0.05, 0.1) is 17.8 Å². The van der Waals surface area contributed by atoms with E-state index in [1.54, 1.807) is 16.8 Å². The van der Waals surface area contributed by atoms with Crippen LogP contribution in [0.15, 0.2) is 53.5 Å². The van der Waals surface area contributed by atoms with E-state index in [9.17, 15) is 4.79 Å². The van der Waals surface area contributed by atoms with E-state index in [4.69, 9.17) is 0 Å². The zero-order valence-corrected chi connectivity index (χ0v) is 16.3. The smallest absolute Gasteiger partial charge is 0.266 e. The second kappa shape index (κ2) is 8.52. The molecule has 1 atom stereocenters. The molecule has 3 aromatic rings. The van der Waals surface area contributed by atoms with Crippen molar-refractivity contribution in [1.82, 2.24) is 19.7 Å². The van der Waals surface area contributed by atoms with E-state index >= 15 is 0 Å². The lowest BCUT2D eigenvalue weighted by Gasteiger charge is -2.36. The summed E-state index contributed by atoms with van der Waals surface area (Å²) < 4.78 is 1.59. The second-order valence-corrected chi connectivity index (χ2v) is 7.48. The summed E-state index contributed by atoms with van der Waals surface area (Å²) in [5.74, 6) is 0. The monoisotopic (exact) mass is 377 g/mol. The Bertz CT molecular complexity index is 994. The minimum Gasteiger partial charge on any atom is -0.383 e. The van der Waals surface area contributed by atoms with Crippen molar-refractivity contribution in [3.05, 3.63) is 64.7 Å². The van der Waals surface area contributed by atoms with Crippen LogP contribution in [-0.4, -0.2) is 45.3 Å². The Kier molecular flexibility index (Phi) is 5.67. The molecule has 2 aromatic heterocycles. The molecule has 0 radical (unpaired) electrons. The van der Waals surface area contributed by atoms with Gasteiger partial charge in [0, 0.05) is 42.5 Å². The molecular formula is C22H27N5O. The highest BCUT2D eigenvalue weighted by Gasteiger charge is 2.22. The molecule has 28 heavy (non-hydrogen) atoms. The van der Waals surface area contributed by atoms with Gasteiger partial charge < -0.3 is 5.32 Å². The van der Waals surface area contributed by atoms with Gasteiger partial charge in [0.2, 0.25) is 0 Å². The number of nitrogens with one attached hydrogen (secondary N) is 1. The van der Waals surface area contributed by atoms with Gasteiger partial charge in [-0.05, 0) is 44.5 Å². The Labute approximate surface area is 165 Å². The molecule has 0 aliphatic carbocycles. The van der Waals surface area contributed by atoms with Crippen molar-refractivity contribution in [2.24, 2.45) is 0 Å². The molecule has 3 heterocycles. The molecule has 1 fully saturated rings. The van der Waals surface area contributed by atoms with E-state index in [2.05, 4.69) is 32.4 Å². The normalized spacial score (nSPS) is 17.7. The number of aromatic nitrogens is 3. The largest absolute Gasteiger partial charge is 0.383 e. The minimum absolute atomic E-state index is 0.0273. The maximum Gasteiger partial charge on any atom is 0.266 e. The average Bonchev–Trinajstić information content (AvgIpc) is 2.73. The number of para-hydroxylation sites is 1. The fraction of sp³-hybridized carbons (Fsp3) is 0.409. The van der Waals surface area contributed by atoms with Crippen LogP contribution in [0.2, 0.25) is 0 Å². The zero-order valence-electron chi connectivity index (χ0n) is 16.3. The van der Waals surface area contributed by atoms with Crippen LogP contribution < -0.4 is 10.9 Å². The number of hydrogen-bond acceptors (Lipinski definition) is 5. The van der Waals surface area contributed by atoms with Crippen LogP contribution >= 0.6 is 0 Å². The summed E-state index contributed by atoms with van der Waals surface area (Å²) in [5, 5.41) is 9.16. The first-order valence-electron chi connectivity index (χ1n) is 10.1. The molecule has 0 bridgehead atoms. The van der Waals surface area contributed by atoms with Crippen molar-refractivity contribution in [3.8, 4) is 0 Å². The van der Waals surface area contributed by atoms with E-state index in [0.29, 0.717) is 12.6 Å². The standard InChI is InChI=1S/C22H27N5O/c1-17-9-10-22(28)27(25-17)15-14-26-13-5-4-6-18(26)16-24-21-11-12-23-20-8-3-2-7-19(20)21/h2-3,7-12,18H,4-6,13-16H2,1H3,(H,23,24). The lowest BCUT2D eigenvalue weighted by Crippen LogP contribution is -2.45. The number of likely N-dealkylation sites (tertiary alicyclic amines) is 1. The molecule has 1 unspecified atom stereocenters. The molecule has 1 aliphatic rings. The van der Waals surface area contributed by atoms with Crippen molar-refractivity contribution in [1.29, 1.82) is 0 Å². The highest BCUT2D eigenvalue weighted by molar-refractivity contribution is 5.90. The third-order valence-electron chi connectivity index (χ3n) is 5.53. The summed E-state index contributed by atoms with van der Waals surface area (Å²) in [7, 11) is 0. The van der Waals surface area contributed by atoms with Crippen LogP contribution in [-0.2, 0) is 6.54 Å². The van der Waals surface area contributed by atoms with Gasteiger partial charge in [0.15, 0.2) is 0 Å². The molecule has 146 valence electrons. The molecular weight excluding hydrogens is 350 g/mol. The summed E-state index contributed by atoms with van der Waals surface area (Å²) in [5.41, 5.74) is 2.99. The summed E-state index contributed by atoms with van der Waals surface area (Å²) in [6, 6.07) is 14.1. The van der Waals surface area contributed by atoms with Crippen molar-refractivity contribution >= 4 is 16.6 Å². The first kappa shape index (κ1) is 18.6. The molecule has 0 amide bonds. The Morgan fingerprint density at radius 1 is 1.11 bits per heavy atom. The second-order valence-electron chi connectivity index (χ2n) is 7.48. The third-order valence-corrected chi connectivity index (χ3v) is 5.53. The molecule has 1 N–H and O–H groups in total. The fourth-order valence-corrected chi connectivity index (χ4v) is 4.00. The Morgan fingerprint density at radius 3 is 2.93 bits per heavy atom. The topological polar surface area (TPSA) is 63.1 Å². The van der Waals surface area contributed by atoms with Gasteiger partial charge in [-0.1, -0.05) is 24.6 Å². The van der Waals surface area contributed by atoms with Gasteiger partial charge >= 0.3 is 0 Å². The Hall–Kier alpha value is -2.73. The molecule has 4 rings (SSSR count). The van der Waals surface area contributed by atoms with E-state index in [-0.39, 0.29) is 5.56 Å². The first-order valence-corrected chi connectivity index (χ1v) is 10.1. The van der Waals surface area contributed by atoms with Crippen LogP contribution in [0.3, 0.4) is 0 Å². The number of benzene rings is 1. The molecule has 6 nitrogen and oxygen atoms in total. The Balaban J connectivity index is 1.42. The maximum atomic E-state index is 12.0. The number of nitrogens with zero attached hydrogens (tertiary/aromatic N) is 4. The number of fused-ring (bicyclic) bond motifs is 1. The summed E-state index contributed by atoms with van der Waals surface area (Å²) >= 11 is 0. The maximum absolute atomic E-state index is 12.0. The molecule has 0 spiro atoms. The molecule has 1 saturated heterocycles. The van der Waals surface area contributed by atoms with Crippen molar-refractivity contribution < 1.29 is 0 Å². The van der Waals surface area contributed by atoms with E-state index in [1.807, 2.05) is 31.3 Å². The summed E-state index contributed by atoms with van der Waals surface area (Å²) in [6.45, 7) is 5.37. The minimum atomic E-state index is -0.0273. The van der Waals surface area contributed by atoms with Crippen LogP contribution in [0.1, 0.15) is 25.0 Å². The van der Waals surface area contributed by atoms with Crippen LogP contribution in [0, 0.1) is 6.92 Å². The number of hydrogen-bond donors (Lipinski definition) is 1. The number of rotatable bonds is 6. The number of piperidine rings is 1. The SMILES string of the molecule is Cc1ccc(=O)n(CCN2CCCCC2CNc2ccnc3ccccc23)n1. The highest BCUT2D eigenvalue weighted by atomic mass is 16.1. The first-order chi connectivity index (χ1) is 13.7. The van der Waals surface area contributed by atoms with E-state index < -0.39 is 0 Å². The quantitative estimate of drug-likeness (QED) is 0.715. The molecule has 0 saturated carbocycles. The average molecular weight is 377 g/mol. The van der Waals surface area contributed by atoms with Crippen LogP contribution in [0.25, 0.3) is 10.9 Å². The van der Waals surface area contributed by atoms with Gasteiger partial charge in [-0.2, -0.15) is 5.10 Å². The lowest BCUT2D eigenvalue weighted by atomic mass is 10.0. The highest BCUT2D eigenvalue weighted by Crippen LogP contribution is 2.23. The van der Waals surface area contributed by atoms with Crippen molar-refractivity contribution in [2.75, 3.05) is 25.0 Å². The van der Waals surface area contributed by atoms with Crippen LogP contribution in [0.5, 0.6) is 0 Å². The van der Waals surface area contributed by atoms with E-state index in [0.717, 1.165) is 41.9 Å². The van der Waals surface area contributed by atoms with Crippen molar-refractivity contribution in [2.45, 2.75) is 38.8 Å². The molecule has 1 aliphatic heterocycles. The summed E-state index contributed by atoms with van der Waals surface area (Å²) in [6.07, 6.45) is 5.50. The molecule has 1 aromatic carbocycles. The number of pyridine rings is 1. The van der Waals surface area contributed by atoms with E-state index in [1.165, 1.54) is 19.3 Å². The predicted molar refractivity (Wildman–Crippen MR) is 113 cm³/mol. The Morgan fingerprint density at radius 2 is 2.00 bits per heavy atom. The fourth-order valence-electron chi connectivity index (χ4n) is 4.00.